The molecule has 1 aromatic heterocycles. The van der Waals surface area contributed by atoms with Gasteiger partial charge in [-0.3, -0.25) is 0 Å². The molecule has 5 nitrogen and oxygen atoms in total. The quantitative estimate of drug-likeness (QED) is 0.213. The van der Waals surface area contributed by atoms with Crippen molar-refractivity contribution in [2.24, 2.45) is 0 Å². The average molecular weight is 485 g/mol. The summed E-state index contributed by atoms with van der Waals surface area (Å²) in [5.74, 6) is -0.502. The number of aromatic nitrogens is 1. The maximum atomic E-state index is 12.9. The predicted octanol–water partition coefficient (Wildman–Crippen LogP) is 3.47. The zero-order valence-electron chi connectivity index (χ0n) is 19.5. The number of amides is 1. The second-order valence-electron chi connectivity index (χ2n) is 8.23. The van der Waals surface area contributed by atoms with E-state index < -0.39 is 13.2 Å². The van der Waals surface area contributed by atoms with Crippen LogP contribution in [-0.4, -0.2) is 36.2 Å². The average Bonchev–Trinajstić information content (AvgIpc) is 2.93. The Balaban J connectivity index is 1.47. The summed E-state index contributed by atoms with van der Waals surface area (Å²) < 4.78 is 5.25. The van der Waals surface area contributed by atoms with E-state index in [1.165, 1.54) is 22.1 Å². The van der Waals surface area contributed by atoms with Crippen LogP contribution in [0.5, 0.6) is 0 Å². The molecule has 0 atom stereocenters. The first kappa shape index (κ1) is 24.3. The Morgan fingerprint density at radius 3 is 1.77 bits per heavy atom. The predicted molar refractivity (Wildman–Crippen MR) is 144 cm³/mol. The monoisotopic (exact) mass is 484 g/mol. The summed E-state index contributed by atoms with van der Waals surface area (Å²) in [7, 11) is -2.45. The molecule has 0 saturated heterocycles. The molecule has 0 aliphatic rings. The van der Waals surface area contributed by atoms with Crippen molar-refractivity contribution in [3.8, 4) is 0 Å². The molecule has 4 aromatic rings. The molecule has 178 valence electrons. The molecule has 4 rings (SSSR count). The van der Waals surface area contributed by atoms with Crippen LogP contribution in [0, 0.1) is 0 Å². The summed E-state index contributed by atoms with van der Waals surface area (Å²) in [6.07, 6.45) is 4.16. The minimum absolute atomic E-state index is 0.0536. The van der Waals surface area contributed by atoms with Crippen LogP contribution in [0.1, 0.15) is 16.8 Å². The fraction of sp³-hybridized carbons (Fsp3) is 0.138. The Labute approximate surface area is 206 Å². The van der Waals surface area contributed by atoms with Crippen molar-refractivity contribution in [2.45, 2.75) is 6.42 Å². The van der Waals surface area contributed by atoms with Crippen molar-refractivity contribution in [1.82, 2.24) is 10.3 Å². The molecule has 3 aromatic carbocycles. The van der Waals surface area contributed by atoms with Crippen molar-refractivity contribution in [1.29, 1.82) is 0 Å². The molecule has 0 aliphatic heterocycles. The van der Waals surface area contributed by atoms with E-state index in [0.29, 0.717) is 12.0 Å². The third-order valence-corrected chi connectivity index (χ3v) is 11.0. The summed E-state index contributed by atoms with van der Waals surface area (Å²) in [6.45, 7) is 0.375. The van der Waals surface area contributed by atoms with E-state index in [4.69, 9.17) is 4.74 Å². The van der Waals surface area contributed by atoms with E-state index in [1.807, 2.05) is 18.2 Å². The molecule has 1 heterocycles. The second-order valence-corrected chi connectivity index (χ2v) is 12.3. The molecule has 6 heteroatoms. The second kappa shape index (κ2) is 12.0. The standard InChI is InChI=1S/C29H29N2O3P/c32-28(31-20-21-34-29(33)24-11-10-19-30-23-24)18-22-35(25-12-4-1-5-13-25,26-14-6-2-7-15-26)27-16-8-3-9-17-27/h1-17,19,23,35H,18,20-22H2,(H,31,32). The van der Waals surface area contributed by atoms with Gasteiger partial charge in [0, 0.05) is 0 Å². The number of hydrogen-bond acceptors (Lipinski definition) is 4. The summed E-state index contributed by atoms with van der Waals surface area (Å²) in [5, 5.41) is 6.73. The normalized spacial score (nSPS) is 11.4. The van der Waals surface area contributed by atoms with Gasteiger partial charge in [-0.05, 0) is 0 Å². The van der Waals surface area contributed by atoms with Gasteiger partial charge in [-0.15, -0.1) is 0 Å². The van der Waals surface area contributed by atoms with Crippen molar-refractivity contribution < 1.29 is 14.3 Å². The number of nitrogens with zero attached hydrogens (tertiary/aromatic N) is 1. The van der Waals surface area contributed by atoms with Crippen LogP contribution in [0.3, 0.4) is 0 Å². The molecule has 0 fully saturated rings. The Hall–Kier alpha value is -3.82. The van der Waals surface area contributed by atoms with Crippen molar-refractivity contribution >= 4 is 35.1 Å². The molecule has 0 unspecified atom stereocenters. The van der Waals surface area contributed by atoms with Crippen LogP contribution in [0.25, 0.3) is 0 Å². The number of esters is 1. The first-order valence-corrected chi connectivity index (χ1v) is 13.9. The number of carbonyl (C=O) groups is 2. The van der Waals surface area contributed by atoms with E-state index in [0.717, 1.165) is 6.16 Å². The zero-order valence-corrected chi connectivity index (χ0v) is 20.5. The third-order valence-electron chi connectivity index (χ3n) is 6.08. The van der Waals surface area contributed by atoms with Gasteiger partial charge in [-0.25, -0.2) is 0 Å². The summed E-state index contributed by atoms with van der Waals surface area (Å²) >= 11 is 0. The van der Waals surface area contributed by atoms with Gasteiger partial charge in [0.05, 0.1) is 0 Å². The Morgan fingerprint density at radius 1 is 0.743 bits per heavy atom. The van der Waals surface area contributed by atoms with Crippen molar-refractivity contribution in [3.63, 3.8) is 0 Å². The molecule has 0 radical (unpaired) electrons. The Morgan fingerprint density at radius 2 is 1.29 bits per heavy atom. The molecule has 35 heavy (non-hydrogen) atoms. The van der Waals surface area contributed by atoms with Crippen LogP contribution >= 0.6 is 7.26 Å². The van der Waals surface area contributed by atoms with Gasteiger partial charge in [-0.1, -0.05) is 0 Å². The maximum absolute atomic E-state index is 12.9. The van der Waals surface area contributed by atoms with Crippen molar-refractivity contribution in [2.75, 3.05) is 19.3 Å². The Bertz CT molecular complexity index is 1120. The molecule has 1 amide bonds. The molecule has 1 N–H and O–H groups in total. The number of carbonyl (C=O) groups excluding carboxylic acids is 2. The van der Waals surface area contributed by atoms with E-state index >= 15 is 0 Å². The van der Waals surface area contributed by atoms with Gasteiger partial charge in [0.1, 0.15) is 0 Å². The number of pyridine rings is 1. The third kappa shape index (κ3) is 6.00. The molecule has 0 spiro atoms. The van der Waals surface area contributed by atoms with Crippen LogP contribution in [-0.2, 0) is 9.53 Å². The first-order chi connectivity index (χ1) is 17.2. The van der Waals surface area contributed by atoms with Gasteiger partial charge < -0.3 is 0 Å². The van der Waals surface area contributed by atoms with Crippen LogP contribution in [0.2, 0.25) is 0 Å². The topological polar surface area (TPSA) is 68.3 Å². The van der Waals surface area contributed by atoms with Crippen molar-refractivity contribution in [3.05, 3.63) is 121 Å². The SMILES string of the molecule is O=C(CC[PH](c1ccccc1)(c1ccccc1)c1ccccc1)NCCOC(=O)c1cccnc1. The van der Waals surface area contributed by atoms with Gasteiger partial charge in [0.25, 0.3) is 0 Å². The molecule has 0 bridgehead atoms. The van der Waals surface area contributed by atoms with Gasteiger partial charge in [-0.2, -0.15) is 0 Å². The fourth-order valence-corrected chi connectivity index (χ4v) is 9.14. The van der Waals surface area contributed by atoms with Crippen LogP contribution in [0.4, 0.5) is 0 Å². The number of rotatable bonds is 10. The molecular formula is C29H29N2O3P. The first-order valence-electron chi connectivity index (χ1n) is 11.7. The molecule has 0 aliphatic carbocycles. The van der Waals surface area contributed by atoms with Crippen LogP contribution in [0.15, 0.2) is 116 Å². The van der Waals surface area contributed by atoms with Gasteiger partial charge in [0.2, 0.25) is 0 Å². The fourth-order valence-electron chi connectivity index (χ4n) is 4.39. The molecular weight excluding hydrogens is 455 g/mol. The van der Waals surface area contributed by atoms with E-state index in [-0.39, 0.29) is 19.1 Å². The summed E-state index contributed by atoms with van der Waals surface area (Å²) in [6, 6.07) is 34.9. The minimum atomic E-state index is -2.45. The van der Waals surface area contributed by atoms with E-state index in [9.17, 15) is 9.59 Å². The number of nitrogens with one attached hydrogen (secondary N) is 1. The van der Waals surface area contributed by atoms with Gasteiger partial charge in [0.15, 0.2) is 0 Å². The zero-order chi connectivity index (χ0) is 24.3. The van der Waals surface area contributed by atoms with Crippen LogP contribution < -0.4 is 21.2 Å². The number of benzene rings is 3. The summed E-state index contributed by atoms with van der Waals surface area (Å²) in [5.41, 5.74) is 0.392. The molecule has 0 saturated carbocycles. The van der Waals surface area contributed by atoms with E-state index in [2.05, 4.69) is 83.1 Å². The van der Waals surface area contributed by atoms with E-state index in [1.54, 1.807) is 18.3 Å². The number of ether oxygens (including phenoxy) is 1. The number of hydrogen-bond donors (Lipinski definition) is 1. The Kier molecular flexibility index (Phi) is 8.37. The summed E-state index contributed by atoms with van der Waals surface area (Å²) in [4.78, 5) is 28.8. The van der Waals surface area contributed by atoms with Gasteiger partial charge >= 0.3 is 206 Å².